The Hall–Kier alpha value is -2.77. The number of carbonyl (C=O) groups excluding carboxylic acids is 2. The highest BCUT2D eigenvalue weighted by Gasteiger charge is 2.19. The molecule has 0 fully saturated rings. The van der Waals surface area contributed by atoms with Crippen LogP contribution in [0, 0.1) is 6.92 Å². The van der Waals surface area contributed by atoms with Crippen LogP contribution >= 0.6 is 22.9 Å². The molecule has 0 radical (unpaired) electrons. The summed E-state index contributed by atoms with van der Waals surface area (Å²) < 4.78 is 5.09. The van der Waals surface area contributed by atoms with Crippen molar-refractivity contribution < 1.29 is 14.3 Å². The summed E-state index contributed by atoms with van der Waals surface area (Å²) in [6.07, 6.45) is 1.66. The number of aryl methyl sites for hydroxylation is 1. The molecule has 2 aromatic heterocycles. The predicted octanol–water partition coefficient (Wildman–Crippen LogP) is 3.96. The maximum atomic E-state index is 12.2. The van der Waals surface area contributed by atoms with Gasteiger partial charge < -0.3 is 10.1 Å². The van der Waals surface area contributed by atoms with E-state index in [0.717, 1.165) is 0 Å². The SMILES string of the molecule is Cc1nc(-c2ccccn2)sc1C(=O)OCC(=O)Nc1ccc(Cl)cc1. The minimum absolute atomic E-state index is 0.352. The van der Waals surface area contributed by atoms with E-state index in [0.29, 0.717) is 32.0 Å². The number of pyridine rings is 1. The van der Waals surface area contributed by atoms with E-state index in [4.69, 9.17) is 16.3 Å². The van der Waals surface area contributed by atoms with Gasteiger partial charge in [-0.3, -0.25) is 9.78 Å². The molecule has 0 saturated carbocycles. The quantitative estimate of drug-likeness (QED) is 0.670. The van der Waals surface area contributed by atoms with E-state index in [2.05, 4.69) is 15.3 Å². The number of nitrogens with one attached hydrogen (secondary N) is 1. The van der Waals surface area contributed by atoms with Crippen LogP contribution in [-0.4, -0.2) is 28.5 Å². The third-order valence-corrected chi connectivity index (χ3v) is 4.74. The monoisotopic (exact) mass is 387 g/mol. The number of nitrogens with zero attached hydrogens (tertiary/aromatic N) is 2. The standard InChI is InChI=1S/C18H14ClN3O3S/c1-11-16(26-17(21-11)14-4-2-3-9-20-14)18(24)25-10-15(23)22-13-7-5-12(19)6-8-13/h2-9H,10H2,1H3,(H,22,23). The van der Waals surface area contributed by atoms with Gasteiger partial charge in [-0.15, -0.1) is 11.3 Å². The first-order chi connectivity index (χ1) is 12.5. The van der Waals surface area contributed by atoms with Crippen molar-refractivity contribution >= 4 is 40.5 Å². The van der Waals surface area contributed by atoms with Crippen molar-refractivity contribution in [2.75, 3.05) is 11.9 Å². The summed E-state index contributed by atoms with van der Waals surface area (Å²) in [5.74, 6) is -1.03. The van der Waals surface area contributed by atoms with Crippen LogP contribution in [0.15, 0.2) is 48.7 Å². The molecule has 1 N–H and O–H groups in total. The van der Waals surface area contributed by atoms with E-state index in [1.165, 1.54) is 11.3 Å². The maximum absolute atomic E-state index is 12.2. The van der Waals surface area contributed by atoms with Gasteiger partial charge in [0.05, 0.1) is 11.4 Å². The van der Waals surface area contributed by atoms with Crippen molar-refractivity contribution in [2.24, 2.45) is 0 Å². The lowest BCUT2D eigenvalue weighted by Crippen LogP contribution is -2.20. The van der Waals surface area contributed by atoms with Gasteiger partial charge in [0.25, 0.3) is 5.91 Å². The van der Waals surface area contributed by atoms with Crippen LogP contribution in [0.5, 0.6) is 0 Å². The molecule has 0 atom stereocenters. The number of carbonyl (C=O) groups is 2. The molecule has 0 aliphatic rings. The number of hydrogen-bond donors (Lipinski definition) is 1. The molecule has 8 heteroatoms. The van der Waals surface area contributed by atoms with Gasteiger partial charge in [0.2, 0.25) is 0 Å². The van der Waals surface area contributed by atoms with E-state index in [9.17, 15) is 9.59 Å². The van der Waals surface area contributed by atoms with Crippen molar-refractivity contribution in [1.82, 2.24) is 9.97 Å². The molecule has 3 rings (SSSR count). The summed E-state index contributed by atoms with van der Waals surface area (Å²) in [6.45, 7) is 1.32. The van der Waals surface area contributed by atoms with Gasteiger partial charge in [0, 0.05) is 16.9 Å². The second kappa shape index (κ2) is 8.07. The van der Waals surface area contributed by atoms with E-state index in [1.807, 2.05) is 12.1 Å². The molecule has 0 bridgehead atoms. The first kappa shape index (κ1) is 18.0. The Morgan fingerprint density at radius 3 is 2.65 bits per heavy atom. The van der Waals surface area contributed by atoms with Crippen molar-refractivity contribution in [1.29, 1.82) is 0 Å². The first-order valence-electron chi connectivity index (χ1n) is 7.64. The maximum Gasteiger partial charge on any atom is 0.350 e. The van der Waals surface area contributed by atoms with Crippen molar-refractivity contribution in [3.05, 3.63) is 64.3 Å². The van der Waals surface area contributed by atoms with Crippen LogP contribution in [0.1, 0.15) is 15.4 Å². The van der Waals surface area contributed by atoms with Gasteiger partial charge in [0.1, 0.15) is 9.88 Å². The molecule has 26 heavy (non-hydrogen) atoms. The summed E-state index contributed by atoms with van der Waals surface area (Å²) >= 11 is 6.97. The highest BCUT2D eigenvalue weighted by molar-refractivity contribution is 7.17. The van der Waals surface area contributed by atoms with Crippen LogP contribution in [0.2, 0.25) is 5.02 Å². The molecular weight excluding hydrogens is 374 g/mol. The van der Waals surface area contributed by atoms with Crippen LogP contribution in [0.3, 0.4) is 0 Å². The molecular formula is C18H14ClN3O3S. The van der Waals surface area contributed by atoms with Crippen molar-refractivity contribution in [2.45, 2.75) is 6.92 Å². The normalized spacial score (nSPS) is 10.4. The zero-order valence-electron chi connectivity index (χ0n) is 13.7. The number of benzene rings is 1. The molecule has 0 aliphatic heterocycles. The fourth-order valence-corrected chi connectivity index (χ4v) is 3.17. The summed E-state index contributed by atoms with van der Waals surface area (Å²) in [4.78, 5) is 33.1. The van der Waals surface area contributed by atoms with Crippen LogP contribution < -0.4 is 5.32 Å². The fraction of sp³-hybridized carbons (Fsp3) is 0.111. The minimum atomic E-state index is -0.589. The first-order valence-corrected chi connectivity index (χ1v) is 8.84. The van der Waals surface area contributed by atoms with E-state index in [1.54, 1.807) is 43.5 Å². The minimum Gasteiger partial charge on any atom is -0.451 e. The van der Waals surface area contributed by atoms with Gasteiger partial charge in [-0.1, -0.05) is 17.7 Å². The lowest BCUT2D eigenvalue weighted by molar-refractivity contribution is -0.119. The molecule has 1 amide bonds. The highest BCUT2D eigenvalue weighted by Crippen LogP contribution is 2.26. The molecule has 0 unspecified atom stereocenters. The van der Waals surface area contributed by atoms with Gasteiger partial charge in [-0.25, -0.2) is 9.78 Å². The summed E-state index contributed by atoms with van der Waals surface area (Å²) in [7, 11) is 0. The average molecular weight is 388 g/mol. The Morgan fingerprint density at radius 1 is 1.19 bits per heavy atom. The lowest BCUT2D eigenvalue weighted by Gasteiger charge is -2.06. The molecule has 0 saturated heterocycles. The van der Waals surface area contributed by atoms with Crippen molar-refractivity contribution in [3.8, 4) is 10.7 Å². The number of thiazole rings is 1. The third-order valence-electron chi connectivity index (χ3n) is 3.33. The van der Waals surface area contributed by atoms with Gasteiger partial charge in [-0.2, -0.15) is 0 Å². The van der Waals surface area contributed by atoms with Crippen LogP contribution in [0.25, 0.3) is 10.7 Å². The van der Waals surface area contributed by atoms with E-state index < -0.39 is 18.5 Å². The Kier molecular flexibility index (Phi) is 5.60. The Morgan fingerprint density at radius 2 is 1.96 bits per heavy atom. The van der Waals surface area contributed by atoms with Crippen molar-refractivity contribution in [3.63, 3.8) is 0 Å². The zero-order valence-corrected chi connectivity index (χ0v) is 15.3. The van der Waals surface area contributed by atoms with E-state index >= 15 is 0 Å². The predicted molar refractivity (Wildman–Crippen MR) is 100 cm³/mol. The number of ether oxygens (including phenoxy) is 1. The summed E-state index contributed by atoms with van der Waals surface area (Å²) in [5, 5.41) is 3.82. The highest BCUT2D eigenvalue weighted by atomic mass is 35.5. The lowest BCUT2D eigenvalue weighted by atomic mass is 10.3. The number of hydrogen-bond acceptors (Lipinski definition) is 6. The number of anilines is 1. The number of aromatic nitrogens is 2. The summed E-state index contributed by atoms with van der Waals surface area (Å²) in [6, 6.07) is 12.1. The Labute approximate surface area is 158 Å². The third kappa shape index (κ3) is 4.44. The van der Waals surface area contributed by atoms with E-state index in [-0.39, 0.29) is 0 Å². The number of esters is 1. The molecule has 132 valence electrons. The number of amides is 1. The smallest absolute Gasteiger partial charge is 0.350 e. The molecule has 2 heterocycles. The second-order valence-corrected chi connectivity index (χ2v) is 6.72. The van der Waals surface area contributed by atoms with Gasteiger partial charge >= 0.3 is 5.97 Å². The summed E-state index contributed by atoms with van der Waals surface area (Å²) in [5.41, 5.74) is 1.79. The van der Waals surface area contributed by atoms with Gasteiger partial charge in [-0.05, 0) is 43.3 Å². The molecule has 1 aromatic carbocycles. The molecule has 3 aromatic rings. The molecule has 0 spiro atoms. The number of rotatable bonds is 5. The largest absolute Gasteiger partial charge is 0.451 e. The second-order valence-electron chi connectivity index (χ2n) is 5.28. The van der Waals surface area contributed by atoms with Crippen LogP contribution in [0.4, 0.5) is 5.69 Å². The topological polar surface area (TPSA) is 81.2 Å². The van der Waals surface area contributed by atoms with Crippen LogP contribution in [-0.2, 0) is 9.53 Å². The molecule has 0 aliphatic carbocycles. The molecule has 6 nitrogen and oxygen atoms in total. The zero-order chi connectivity index (χ0) is 18.5. The van der Waals surface area contributed by atoms with Gasteiger partial charge in [0.15, 0.2) is 6.61 Å². The number of halogens is 1. The Bertz CT molecular complexity index is 927. The fourth-order valence-electron chi connectivity index (χ4n) is 2.11. The average Bonchev–Trinajstić information content (AvgIpc) is 3.04. The Balaban J connectivity index is 1.60.